The molecule has 6 heteroatoms. The van der Waals surface area contributed by atoms with Crippen LogP contribution >= 0.6 is 0 Å². The van der Waals surface area contributed by atoms with Crippen molar-refractivity contribution in [2.75, 3.05) is 6.54 Å². The molecule has 2 unspecified atom stereocenters. The molecule has 3 N–H and O–H groups in total. The van der Waals surface area contributed by atoms with Gasteiger partial charge in [-0.15, -0.1) is 0 Å². The molecular formula is C15H24N4O2. The molecule has 0 bridgehead atoms. The van der Waals surface area contributed by atoms with Crippen molar-refractivity contribution in [3.63, 3.8) is 0 Å². The highest BCUT2D eigenvalue weighted by Crippen LogP contribution is 2.13. The van der Waals surface area contributed by atoms with Crippen molar-refractivity contribution in [3.8, 4) is 0 Å². The summed E-state index contributed by atoms with van der Waals surface area (Å²) in [7, 11) is 0. The number of carbonyl (C=O) groups excluding carboxylic acids is 1. The van der Waals surface area contributed by atoms with Crippen LogP contribution in [0.2, 0.25) is 0 Å². The highest BCUT2D eigenvalue weighted by molar-refractivity contribution is 5.95. The molecule has 1 fully saturated rings. The van der Waals surface area contributed by atoms with E-state index in [1.54, 1.807) is 0 Å². The van der Waals surface area contributed by atoms with Gasteiger partial charge in [0.2, 0.25) is 0 Å². The molecule has 0 radical (unpaired) electrons. The highest BCUT2D eigenvalue weighted by atomic mass is 16.2. The number of nitrogens with one attached hydrogen (secondary N) is 3. The molecule has 0 saturated carbocycles. The molecule has 1 aliphatic rings. The van der Waals surface area contributed by atoms with Crippen LogP contribution in [0.25, 0.3) is 0 Å². The first-order chi connectivity index (χ1) is 10.1. The third-order valence-electron chi connectivity index (χ3n) is 4.16. The summed E-state index contributed by atoms with van der Waals surface area (Å²) in [5.74, 6) is -0.286. The summed E-state index contributed by atoms with van der Waals surface area (Å²) in [6, 6.07) is 0.285. The van der Waals surface area contributed by atoms with Crippen molar-refractivity contribution in [2.45, 2.75) is 58.5 Å². The molecule has 2 heterocycles. The topological polar surface area (TPSA) is 86.9 Å². The molecule has 0 spiro atoms. The Morgan fingerprint density at radius 3 is 2.76 bits per heavy atom. The molecule has 1 aromatic rings. The van der Waals surface area contributed by atoms with Crippen LogP contribution in [0, 0.1) is 0 Å². The minimum atomic E-state index is -0.405. The number of aromatic nitrogens is 2. The number of piperidine rings is 1. The fourth-order valence-electron chi connectivity index (χ4n) is 2.92. The second-order valence-corrected chi connectivity index (χ2v) is 5.53. The van der Waals surface area contributed by atoms with E-state index < -0.39 is 5.56 Å². The number of rotatable bonds is 4. The quantitative estimate of drug-likeness (QED) is 0.765. The third-order valence-corrected chi connectivity index (χ3v) is 4.16. The van der Waals surface area contributed by atoms with E-state index in [9.17, 15) is 9.59 Å². The molecule has 1 saturated heterocycles. The molecule has 116 valence electrons. The van der Waals surface area contributed by atoms with Crippen LogP contribution in [-0.4, -0.2) is 34.7 Å². The summed E-state index contributed by atoms with van der Waals surface area (Å²) in [6.07, 6.45) is 3.29. The van der Waals surface area contributed by atoms with Gasteiger partial charge in [-0.25, -0.2) is 5.10 Å². The van der Waals surface area contributed by atoms with Crippen LogP contribution in [0.5, 0.6) is 0 Å². The lowest BCUT2D eigenvalue weighted by molar-refractivity contribution is 0.0917. The molecule has 2 rings (SSSR count). The Labute approximate surface area is 124 Å². The molecule has 6 nitrogen and oxygen atoms in total. The zero-order valence-electron chi connectivity index (χ0n) is 13.0. The molecule has 1 aliphatic heterocycles. The predicted octanol–water partition coefficient (Wildman–Crippen LogP) is 0.765. The number of hydrogen-bond donors (Lipinski definition) is 3. The Balaban J connectivity index is 2.28. The van der Waals surface area contributed by atoms with E-state index >= 15 is 0 Å². The zero-order chi connectivity index (χ0) is 15.4. The largest absolute Gasteiger partial charge is 0.348 e. The standard InChI is InChI=1S/C15H24N4O2/c1-4-10-11(5-2)18-19-15(21)13(10)14(20)17-12-7-6-8-16-9(12)3/h9,12,16H,4-8H2,1-3H3,(H,17,20)(H,19,21). The summed E-state index contributed by atoms with van der Waals surface area (Å²) in [5.41, 5.74) is 1.37. The predicted molar refractivity (Wildman–Crippen MR) is 81.6 cm³/mol. The van der Waals surface area contributed by atoms with Gasteiger partial charge in [-0.1, -0.05) is 13.8 Å². The van der Waals surface area contributed by atoms with E-state index in [1.165, 1.54) is 0 Å². The Kier molecular flexibility index (Phi) is 5.12. The van der Waals surface area contributed by atoms with E-state index in [4.69, 9.17) is 0 Å². The number of H-pyrrole nitrogens is 1. The van der Waals surface area contributed by atoms with Crippen molar-refractivity contribution in [1.29, 1.82) is 0 Å². The zero-order valence-corrected chi connectivity index (χ0v) is 13.0. The second-order valence-electron chi connectivity index (χ2n) is 5.53. The Bertz CT molecular complexity index is 567. The minimum Gasteiger partial charge on any atom is -0.348 e. The lowest BCUT2D eigenvalue weighted by Crippen LogP contribution is -2.52. The van der Waals surface area contributed by atoms with E-state index in [-0.39, 0.29) is 23.6 Å². The van der Waals surface area contributed by atoms with Gasteiger partial charge in [0, 0.05) is 12.1 Å². The highest BCUT2D eigenvalue weighted by Gasteiger charge is 2.25. The first-order valence-corrected chi connectivity index (χ1v) is 7.73. The van der Waals surface area contributed by atoms with Gasteiger partial charge >= 0.3 is 0 Å². The third kappa shape index (κ3) is 3.32. The van der Waals surface area contributed by atoms with E-state index in [0.29, 0.717) is 12.8 Å². The summed E-state index contributed by atoms with van der Waals surface area (Å²) < 4.78 is 0. The van der Waals surface area contributed by atoms with Crippen molar-refractivity contribution in [1.82, 2.24) is 20.8 Å². The first-order valence-electron chi connectivity index (χ1n) is 7.73. The van der Waals surface area contributed by atoms with Crippen LogP contribution in [-0.2, 0) is 12.8 Å². The van der Waals surface area contributed by atoms with Gasteiger partial charge in [0.1, 0.15) is 5.56 Å². The van der Waals surface area contributed by atoms with Crippen LogP contribution in [0.15, 0.2) is 4.79 Å². The Morgan fingerprint density at radius 1 is 1.38 bits per heavy atom. The van der Waals surface area contributed by atoms with Crippen LogP contribution in [0.1, 0.15) is 55.2 Å². The molecule has 0 aromatic carbocycles. The number of aryl methyl sites for hydroxylation is 1. The van der Waals surface area contributed by atoms with Gasteiger partial charge in [-0.3, -0.25) is 9.59 Å². The maximum atomic E-state index is 12.5. The van der Waals surface area contributed by atoms with E-state index in [1.807, 2.05) is 13.8 Å². The smallest absolute Gasteiger partial charge is 0.277 e. The average Bonchev–Trinajstić information content (AvgIpc) is 2.48. The van der Waals surface area contributed by atoms with Gasteiger partial charge in [0.05, 0.1) is 5.69 Å². The van der Waals surface area contributed by atoms with Crippen molar-refractivity contribution in [3.05, 3.63) is 27.2 Å². The summed E-state index contributed by atoms with van der Waals surface area (Å²) in [6.45, 7) is 6.94. The summed E-state index contributed by atoms with van der Waals surface area (Å²) in [4.78, 5) is 24.6. The van der Waals surface area contributed by atoms with Gasteiger partial charge in [0.25, 0.3) is 11.5 Å². The number of carbonyl (C=O) groups is 1. The van der Waals surface area contributed by atoms with Crippen molar-refractivity contribution >= 4 is 5.91 Å². The van der Waals surface area contributed by atoms with Gasteiger partial charge in [-0.05, 0) is 44.7 Å². The molecule has 21 heavy (non-hydrogen) atoms. The number of nitrogens with zero attached hydrogens (tertiary/aromatic N) is 1. The SMILES string of the molecule is CCc1n[nH]c(=O)c(C(=O)NC2CCCNC2C)c1CC. The molecular weight excluding hydrogens is 268 g/mol. The van der Waals surface area contributed by atoms with E-state index in [0.717, 1.165) is 30.6 Å². The lowest BCUT2D eigenvalue weighted by atomic mass is 9.98. The maximum absolute atomic E-state index is 12.5. The summed E-state index contributed by atoms with van der Waals surface area (Å²) >= 11 is 0. The van der Waals surface area contributed by atoms with Crippen molar-refractivity contribution in [2.24, 2.45) is 0 Å². The number of aromatic amines is 1. The van der Waals surface area contributed by atoms with Gasteiger partial charge in [-0.2, -0.15) is 5.10 Å². The average molecular weight is 292 g/mol. The molecule has 2 atom stereocenters. The lowest BCUT2D eigenvalue weighted by Gasteiger charge is -2.30. The Hall–Kier alpha value is -1.69. The van der Waals surface area contributed by atoms with Gasteiger partial charge < -0.3 is 10.6 Å². The monoisotopic (exact) mass is 292 g/mol. The molecule has 0 aliphatic carbocycles. The minimum absolute atomic E-state index is 0.0635. The fourth-order valence-corrected chi connectivity index (χ4v) is 2.92. The van der Waals surface area contributed by atoms with Crippen LogP contribution in [0.4, 0.5) is 0 Å². The normalized spacial score (nSPS) is 22.0. The van der Waals surface area contributed by atoms with Crippen LogP contribution < -0.4 is 16.2 Å². The molecule has 1 aromatic heterocycles. The fraction of sp³-hybridized carbons (Fsp3) is 0.667. The van der Waals surface area contributed by atoms with Crippen molar-refractivity contribution < 1.29 is 4.79 Å². The first kappa shape index (κ1) is 15.7. The summed E-state index contributed by atoms with van der Waals surface area (Å²) in [5, 5.41) is 12.8. The van der Waals surface area contributed by atoms with Gasteiger partial charge in [0.15, 0.2) is 0 Å². The molecule has 1 amide bonds. The maximum Gasteiger partial charge on any atom is 0.277 e. The van der Waals surface area contributed by atoms with Crippen LogP contribution in [0.3, 0.4) is 0 Å². The second kappa shape index (κ2) is 6.85. The number of amides is 1. The Morgan fingerprint density at radius 2 is 2.14 bits per heavy atom. The van der Waals surface area contributed by atoms with E-state index in [2.05, 4.69) is 27.8 Å². The number of hydrogen-bond acceptors (Lipinski definition) is 4.